The summed E-state index contributed by atoms with van der Waals surface area (Å²) in [6.07, 6.45) is 3.73. The van der Waals surface area contributed by atoms with Crippen LogP contribution in [0.4, 0.5) is 17.2 Å². The summed E-state index contributed by atoms with van der Waals surface area (Å²) in [7, 11) is 0. The molecule has 7 nitrogen and oxygen atoms in total. The zero-order chi connectivity index (χ0) is 16.1. The van der Waals surface area contributed by atoms with Crippen LogP contribution in [0.5, 0.6) is 5.75 Å². The minimum Gasteiger partial charge on any atom is -0.491 e. The summed E-state index contributed by atoms with van der Waals surface area (Å²) in [5, 5.41) is 14.0. The molecule has 7 heteroatoms. The summed E-state index contributed by atoms with van der Waals surface area (Å²) < 4.78 is 11.2. The van der Waals surface area contributed by atoms with E-state index in [4.69, 9.17) is 9.47 Å². The van der Waals surface area contributed by atoms with Crippen molar-refractivity contribution in [2.45, 2.75) is 18.9 Å². The summed E-state index contributed by atoms with van der Waals surface area (Å²) in [5.41, 5.74) is 0.606. The lowest BCUT2D eigenvalue weighted by molar-refractivity contribution is -0.384. The van der Waals surface area contributed by atoms with Crippen molar-refractivity contribution in [3.8, 4) is 5.75 Å². The monoisotopic (exact) mass is 315 g/mol. The highest BCUT2D eigenvalue weighted by Crippen LogP contribution is 2.26. The molecule has 0 spiro atoms. The largest absolute Gasteiger partial charge is 0.491 e. The second-order valence-corrected chi connectivity index (χ2v) is 5.23. The smallest absolute Gasteiger partial charge is 0.311 e. The molecule has 1 saturated heterocycles. The molecule has 120 valence electrons. The second-order valence-electron chi connectivity index (χ2n) is 5.23. The van der Waals surface area contributed by atoms with E-state index in [0.29, 0.717) is 18.0 Å². The lowest BCUT2D eigenvalue weighted by atomic mass is 10.2. The number of benzene rings is 1. The van der Waals surface area contributed by atoms with Crippen molar-refractivity contribution in [2.75, 3.05) is 18.5 Å². The van der Waals surface area contributed by atoms with Gasteiger partial charge in [-0.15, -0.1) is 0 Å². The van der Waals surface area contributed by atoms with Gasteiger partial charge in [-0.25, -0.2) is 4.98 Å². The lowest BCUT2D eigenvalue weighted by Crippen LogP contribution is -2.16. The maximum Gasteiger partial charge on any atom is 0.311 e. The number of nitro groups is 1. The molecular weight excluding hydrogens is 298 g/mol. The van der Waals surface area contributed by atoms with Gasteiger partial charge >= 0.3 is 5.69 Å². The van der Waals surface area contributed by atoms with Crippen LogP contribution in [0.25, 0.3) is 0 Å². The Balaban J connectivity index is 1.69. The van der Waals surface area contributed by atoms with Gasteiger partial charge in [0, 0.05) is 30.6 Å². The summed E-state index contributed by atoms with van der Waals surface area (Å²) in [6, 6.07) is 10.2. The highest BCUT2D eigenvalue weighted by atomic mass is 16.6. The lowest BCUT2D eigenvalue weighted by Gasteiger charge is -2.12. The number of nitrogens with one attached hydrogen (secondary N) is 1. The zero-order valence-electron chi connectivity index (χ0n) is 12.5. The van der Waals surface area contributed by atoms with Crippen LogP contribution in [0.15, 0.2) is 42.6 Å². The van der Waals surface area contributed by atoms with Crippen molar-refractivity contribution in [3.63, 3.8) is 0 Å². The molecular formula is C16H17N3O4. The van der Waals surface area contributed by atoms with Gasteiger partial charge in [-0.2, -0.15) is 0 Å². The number of hydrogen-bond donors (Lipinski definition) is 1. The Bertz CT molecular complexity index is 687. The first kappa shape index (κ1) is 15.2. The van der Waals surface area contributed by atoms with Gasteiger partial charge in [-0.3, -0.25) is 10.1 Å². The van der Waals surface area contributed by atoms with Gasteiger partial charge < -0.3 is 14.8 Å². The Labute approximate surface area is 133 Å². The van der Waals surface area contributed by atoms with Crippen LogP contribution in [0.1, 0.15) is 12.8 Å². The van der Waals surface area contributed by atoms with Gasteiger partial charge in [0.05, 0.1) is 11.0 Å². The molecule has 3 rings (SSSR count). The van der Waals surface area contributed by atoms with Crippen LogP contribution in [0, 0.1) is 10.1 Å². The molecule has 1 aromatic heterocycles. The van der Waals surface area contributed by atoms with E-state index in [0.717, 1.165) is 19.4 Å². The average Bonchev–Trinajstić information content (AvgIpc) is 3.07. The third kappa shape index (κ3) is 3.95. The molecule has 2 aromatic rings. The third-order valence-electron chi connectivity index (χ3n) is 3.54. The van der Waals surface area contributed by atoms with Crippen molar-refractivity contribution in [1.29, 1.82) is 0 Å². The van der Waals surface area contributed by atoms with E-state index < -0.39 is 4.92 Å². The van der Waals surface area contributed by atoms with Crippen molar-refractivity contribution >= 4 is 17.2 Å². The molecule has 1 atom stereocenters. The SMILES string of the molecule is O=[N+]([O-])c1cccnc1Nc1cccc(OC[C@H]2CCCO2)c1. The average molecular weight is 315 g/mol. The number of nitrogens with zero attached hydrogens (tertiary/aromatic N) is 2. The molecule has 1 aromatic carbocycles. The first-order valence-electron chi connectivity index (χ1n) is 7.43. The minimum atomic E-state index is -0.465. The highest BCUT2D eigenvalue weighted by Gasteiger charge is 2.17. The van der Waals surface area contributed by atoms with E-state index in [1.54, 1.807) is 12.1 Å². The third-order valence-corrected chi connectivity index (χ3v) is 3.54. The van der Waals surface area contributed by atoms with Gasteiger partial charge in [0.25, 0.3) is 0 Å². The number of ether oxygens (including phenoxy) is 2. The van der Waals surface area contributed by atoms with Crippen LogP contribution >= 0.6 is 0 Å². The van der Waals surface area contributed by atoms with Crippen LogP contribution in [-0.4, -0.2) is 29.2 Å². The van der Waals surface area contributed by atoms with Crippen molar-refractivity contribution in [2.24, 2.45) is 0 Å². The molecule has 0 amide bonds. The molecule has 0 aliphatic carbocycles. The van der Waals surface area contributed by atoms with Crippen LogP contribution in [0.2, 0.25) is 0 Å². The summed E-state index contributed by atoms with van der Waals surface area (Å²) in [5.74, 6) is 0.887. The maximum atomic E-state index is 11.0. The normalized spacial score (nSPS) is 17.0. The van der Waals surface area contributed by atoms with E-state index in [9.17, 15) is 10.1 Å². The fourth-order valence-corrected chi connectivity index (χ4v) is 2.41. The number of anilines is 2. The molecule has 0 radical (unpaired) electrons. The molecule has 1 N–H and O–H groups in total. The van der Waals surface area contributed by atoms with Crippen molar-refractivity contribution < 1.29 is 14.4 Å². The molecule has 0 unspecified atom stereocenters. The predicted octanol–water partition coefficient (Wildman–Crippen LogP) is 3.29. The summed E-state index contributed by atoms with van der Waals surface area (Å²) in [6.45, 7) is 1.30. The molecule has 1 aliphatic rings. The van der Waals surface area contributed by atoms with Gasteiger partial charge in [0.2, 0.25) is 5.82 Å². The molecule has 23 heavy (non-hydrogen) atoms. The van der Waals surface area contributed by atoms with Crippen LogP contribution < -0.4 is 10.1 Å². The second kappa shape index (κ2) is 7.06. The van der Waals surface area contributed by atoms with Crippen LogP contribution in [0.3, 0.4) is 0 Å². The molecule has 0 saturated carbocycles. The van der Waals surface area contributed by atoms with Crippen molar-refractivity contribution in [1.82, 2.24) is 4.98 Å². The Morgan fingerprint density at radius 3 is 3.09 bits per heavy atom. The number of pyridine rings is 1. The Kier molecular flexibility index (Phi) is 4.68. The molecule has 1 aliphatic heterocycles. The topological polar surface area (TPSA) is 86.5 Å². The van der Waals surface area contributed by atoms with E-state index in [2.05, 4.69) is 10.3 Å². The summed E-state index contributed by atoms with van der Waals surface area (Å²) in [4.78, 5) is 14.6. The minimum absolute atomic E-state index is 0.0711. The number of rotatable bonds is 6. The molecule has 0 bridgehead atoms. The Hall–Kier alpha value is -2.67. The number of aromatic nitrogens is 1. The van der Waals surface area contributed by atoms with E-state index in [1.807, 2.05) is 12.1 Å². The number of hydrogen-bond acceptors (Lipinski definition) is 6. The van der Waals surface area contributed by atoms with Gasteiger partial charge in [0.1, 0.15) is 12.4 Å². The highest BCUT2D eigenvalue weighted by molar-refractivity contribution is 5.65. The predicted molar refractivity (Wildman–Crippen MR) is 85.1 cm³/mol. The van der Waals surface area contributed by atoms with Gasteiger partial charge in [0.15, 0.2) is 0 Å². The quantitative estimate of drug-likeness (QED) is 0.650. The van der Waals surface area contributed by atoms with E-state index in [-0.39, 0.29) is 17.6 Å². The first-order chi connectivity index (χ1) is 11.2. The standard InChI is InChI=1S/C16H17N3O4/c20-19(21)15-7-2-8-17-16(15)18-12-4-1-5-13(10-12)23-11-14-6-3-9-22-14/h1-2,4-5,7-8,10,14H,3,6,9,11H2,(H,17,18)/t14-/m1/s1. The Morgan fingerprint density at radius 1 is 1.39 bits per heavy atom. The maximum absolute atomic E-state index is 11.0. The first-order valence-corrected chi connectivity index (χ1v) is 7.43. The van der Waals surface area contributed by atoms with Gasteiger partial charge in [-0.05, 0) is 31.0 Å². The fraction of sp³-hybridized carbons (Fsp3) is 0.312. The zero-order valence-corrected chi connectivity index (χ0v) is 12.5. The fourth-order valence-electron chi connectivity index (χ4n) is 2.41. The van der Waals surface area contributed by atoms with Crippen molar-refractivity contribution in [3.05, 3.63) is 52.7 Å². The van der Waals surface area contributed by atoms with Crippen LogP contribution in [-0.2, 0) is 4.74 Å². The van der Waals surface area contributed by atoms with Gasteiger partial charge in [-0.1, -0.05) is 6.07 Å². The Morgan fingerprint density at radius 2 is 2.30 bits per heavy atom. The van der Waals surface area contributed by atoms with E-state index >= 15 is 0 Å². The molecule has 2 heterocycles. The van der Waals surface area contributed by atoms with E-state index in [1.165, 1.54) is 18.3 Å². The summed E-state index contributed by atoms with van der Waals surface area (Å²) >= 11 is 0. The molecule has 1 fully saturated rings.